The van der Waals surface area contributed by atoms with Gasteiger partial charge in [0.15, 0.2) is 0 Å². The van der Waals surface area contributed by atoms with Gasteiger partial charge in [0.05, 0.1) is 6.61 Å². The molecule has 0 amide bonds. The van der Waals surface area contributed by atoms with Crippen molar-refractivity contribution < 1.29 is 4.84 Å². The minimum atomic E-state index is 0.411. The Labute approximate surface area is 61.6 Å². The highest BCUT2D eigenvalue weighted by atomic mass is 16.6. The van der Waals surface area contributed by atoms with E-state index in [1.165, 1.54) is 0 Å². The molecular weight excluding hydrogens is 126 g/mol. The van der Waals surface area contributed by atoms with E-state index >= 15 is 0 Å². The lowest BCUT2D eigenvalue weighted by atomic mass is 10.2. The van der Waals surface area contributed by atoms with Gasteiger partial charge in [-0.15, -0.1) is 0 Å². The largest absolute Gasteiger partial charge is 0.300 e. The average Bonchev–Trinajstić information content (AvgIpc) is 1.98. The minimum absolute atomic E-state index is 0.411. The molecule has 0 spiro atoms. The number of rotatable bonds is 4. The summed E-state index contributed by atoms with van der Waals surface area (Å²) in [6.07, 6.45) is 7.46. The van der Waals surface area contributed by atoms with Crippen LogP contribution in [0.3, 0.4) is 0 Å². The molecule has 0 fully saturated rings. The first-order chi connectivity index (χ1) is 4.85. The first-order valence-corrected chi connectivity index (χ1v) is 3.11. The van der Waals surface area contributed by atoms with E-state index in [1.807, 2.05) is 25.2 Å². The summed E-state index contributed by atoms with van der Waals surface area (Å²) >= 11 is 0. The quantitative estimate of drug-likeness (QED) is 0.474. The average molecular weight is 139 g/mol. The van der Waals surface area contributed by atoms with Crippen LogP contribution in [-0.4, -0.2) is 6.61 Å². The summed E-state index contributed by atoms with van der Waals surface area (Å²) < 4.78 is 0. The van der Waals surface area contributed by atoms with Crippen LogP contribution in [-0.2, 0) is 4.84 Å². The fraction of sp³-hybridized carbons (Fsp3) is 0.250. The lowest BCUT2D eigenvalue weighted by Gasteiger charge is -1.95. The molecule has 2 nitrogen and oxygen atoms in total. The van der Waals surface area contributed by atoms with Crippen LogP contribution in [0, 0.1) is 0 Å². The second-order valence-corrected chi connectivity index (χ2v) is 1.78. The van der Waals surface area contributed by atoms with Gasteiger partial charge in [0.2, 0.25) is 0 Å². The lowest BCUT2D eigenvalue weighted by Crippen LogP contribution is -2.01. The van der Waals surface area contributed by atoms with Crippen molar-refractivity contribution in [3.8, 4) is 0 Å². The van der Waals surface area contributed by atoms with Gasteiger partial charge in [0.25, 0.3) is 0 Å². The Morgan fingerprint density at radius 1 is 1.70 bits per heavy atom. The normalized spacial score (nSPS) is 12.4. The summed E-state index contributed by atoms with van der Waals surface area (Å²) in [4.78, 5) is 4.42. The molecule has 0 atom stereocenters. The van der Waals surface area contributed by atoms with E-state index in [1.54, 1.807) is 6.08 Å². The molecule has 0 radical (unpaired) electrons. The Balaban J connectivity index is 3.90. The molecular formula is C8H13NO. The van der Waals surface area contributed by atoms with Crippen molar-refractivity contribution in [1.29, 1.82) is 0 Å². The Bertz CT molecular complexity index is 147. The summed E-state index contributed by atoms with van der Waals surface area (Å²) in [6, 6.07) is 0. The van der Waals surface area contributed by atoms with Crippen LogP contribution in [0.5, 0.6) is 0 Å². The van der Waals surface area contributed by atoms with E-state index in [4.69, 9.17) is 5.90 Å². The van der Waals surface area contributed by atoms with Gasteiger partial charge in [-0.05, 0) is 12.5 Å². The van der Waals surface area contributed by atoms with Gasteiger partial charge in [-0.25, -0.2) is 5.90 Å². The predicted octanol–water partition coefficient (Wildman–Crippen LogP) is 1.57. The number of hydrogen-bond acceptors (Lipinski definition) is 2. The van der Waals surface area contributed by atoms with Crippen LogP contribution in [0.2, 0.25) is 0 Å². The molecule has 0 rings (SSSR count). The van der Waals surface area contributed by atoms with E-state index < -0.39 is 0 Å². The molecule has 10 heavy (non-hydrogen) atoms. The molecule has 0 aromatic carbocycles. The smallest absolute Gasteiger partial charge is 0.0929 e. The van der Waals surface area contributed by atoms with Gasteiger partial charge in [-0.3, -0.25) is 4.84 Å². The van der Waals surface area contributed by atoms with Gasteiger partial charge in [-0.1, -0.05) is 30.9 Å². The second kappa shape index (κ2) is 6.26. The van der Waals surface area contributed by atoms with E-state index in [0.717, 1.165) is 5.57 Å². The van der Waals surface area contributed by atoms with Crippen molar-refractivity contribution in [3.63, 3.8) is 0 Å². The molecule has 0 heterocycles. The van der Waals surface area contributed by atoms with Crippen LogP contribution in [0.4, 0.5) is 0 Å². The van der Waals surface area contributed by atoms with Crippen LogP contribution in [0.15, 0.2) is 36.5 Å². The van der Waals surface area contributed by atoms with Crippen LogP contribution in [0.1, 0.15) is 6.92 Å². The highest BCUT2D eigenvalue weighted by molar-refractivity contribution is 5.22. The first kappa shape index (κ1) is 9.14. The topological polar surface area (TPSA) is 35.2 Å². The summed E-state index contributed by atoms with van der Waals surface area (Å²) in [7, 11) is 0. The minimum Gasteiger partial charge on any atom is -0.300 e. The summed E-state index contributed by atoms with van der Waals surface area (Å²) in [6.45, 7) is 5.95. The molecule has 0 saturated heterocycles. The summed E-state index contributed by atoms with van der Waals surface area (Å²) in [5, 5.41) is 0. The van der Waals surface area contributed by atoms with Crippen molar-refractivity contribution in [2.75, 3.05) is 6.61 Å². The molecule has 0 unspecified atom stereocenters. The van der Waals surface area contributed by atoms with Crippen molar-refractivity contribution >= 4 is 0 Å². The van der Waals surface area contributed by atoms with Gasteiger partial charge in [-0.2, -0.15) is 0 Å². The van der Waals surface area contributed by atoms with E-state index in [0.29, 0.717) is 6.61 Å². The van der Waals surface area contributed by atoms with Crippen molar-refractivity contribution in [2.45, 2.75) is 6.92 Å². The summed E-state index contributed by atoms with van der Waals surface area (Å²) in [5.41, 5.74) is 0.973. The Morgan fingerprint density at radius 2 is 2.40 bits per heavy atom. The standard InChI is InChI=1S/C8H13NO/c1-3-5-6-8(4-2)7-10-9/h3-6H,2,7,9H2,1H3/b5-3-,8-6+. The Kier molecular flexibility index (Phi) is 5.72. The third-order valence-electron chi connectivity index (χ3n) is 1.01. The Hall–Kier alpha value is -0.860. The van der Waals surface area contributed by atoms with Gasteiger partial charge in [0, 0.05) is 0 Å². The SMILES string of the molecule is C=C/C(=C\C=C/C)CON. The molecule has 0 bridgehead atoms. The molecule has 0 saturated carbocycles. The highest BCUT2D eigenvalue weighted by Gasteiger charge is 1.85. The van der Waals surface area contributed by atoms with Gasteiger partial charge >= 0.3 is 0 Å². The number of allylic oxidation sites excluding steroid dienone is 3. The van der Waals surface area contributed by atoms with Crippen LogP contribution < -0.4 is 5.90 Å². The van der Waals surface area contributed by atoms with E-state index in [-0.39, 0.29) is 0 Å². The maximum Gasteiger partial charge on any atom is 0.0929 e. The zero-order chi connectivity index (χ0) is 7.82. The first-order valence-electron chi connectivity index (χ1n) is 3.11. The van der Waals surface area contributed by atoms with Gasteiger partial charge in [0.1, 0.15) is 0 Å². The van der Waals surface area contributed by atoms with Crippen molar-refractivity contribution in [3.05, 3.63) is 36.5 Å². The van der Waals surface area contributed by atoms with Crippen LogP contribution in [0.25, 0.3) is 0 Å². The zero-order valence-electron chi connectivity index (χ0n) is 6.21. The maximum absolute atomic E-state index is 4.86. The lowest BCUT2D eigenvalue weighted by molar-refractivity contribution is 0.163. The third kappa shape index (κ3) is 4.06. The second-order valence-electron chi connectivity index (χ2n) is 1.78. The third-order valence-corrected chi connectivity index (χ3v) is 1.01. The molecule has 0 aliphatic heterocycles. The van der Waals surface area contributed by atoms with E-state index in [9.17, 15) is 0 Å². The zero-order valence-corrected chi connectivity index (χ0v) is 6.21. The molecule has 2 heteroatoms. The van der Waals surface area contributed by atoms with E-state index in [2.05, 4.69) is 11.4 Å². The fourth-order valence-corrected chi connectivity index (χ4v) is 0.491. The summed E-state index contributed by atoms with van der Waals surface area (Å²) in [5.74, 6) is 4.86. The highest BCUT2D eigenvalue weighted by Crippen LogP contribution is 1.94. The molecule has 56 valence electrons. The molecule has 0 aromatic rings. The Morgan fingerprint density at radius 3 is 2.80 bits per heavy atom. The van der Waals surface area contributed by atoms with Crippen LogP contribution >= 0.6 is 0 Å². The molecule has 0 aromatic heterocycles. The van der Waals surface area contributed by atoms with Gasteiger partial charge < -0.3 is 0 Å². The monoisotopic (exact) mass is 139 g/mol. The number of nitrogens with two attached hydrogens (primary N) is 1. The van der Waals surface area contributed by atoms with Crippen molar-refractivity contribution in [2.24, 2.45) is 5.90 Å². The number of hydrogen-bond donors (Lipinski definition) is 1. The predicted molar refractivity (Wildman–Crippen MR) is 43.2 cm³/mol. The molecule has 2 N–H and O–H groups in total. The van der Waals surface area contributed by atoms with Crippen molar-refractivity contribution in [1.82, 2.24) is 0 Å². The maximum atomic E-state index is 4.86. The molecule has 0 aliphatic rings. The fourth-order valence-electron chi connectivity index (χ4n) is 0.491. The molecule has 0 aliphatic carbocycles.